The van der Waals surface area contributed by atoms with Crippen LogP contribution in [0, 0.1) is 5.92 Å². The molecule has 0 bridgehead atoms. The van der Waals surface area contributed by atoms with Gasteiger partial charge in [-0.05, 0) is 11.4 Å². The van der Waals surface area contributed by atoms with Crippen LogP contribution in [0.15, 0.2) is 11.4 Å². The Morgan fingerprint density at radius 2 is 2.25 bits per heavy atom. The predicted molar refractivity (Wildman–Crippen MR) is 83.3 cm³/mol. The Hall–Kier alpha value is -1.69. The van der Waals surface area contributed by atoms with Gasteiger partial charge in [-0.25, -0.2) is 9.97 Å². The molecule has 0 aliphatic carbocycles. The van der Waals surface area contributed by atoms with Crippen molar-refractivity contribution in [1.82, 2.24) is 15.3 Å². The maximum absolute atomic E-state index is 11.6. The maximum Gasteiger partial charge on any atom is 0.224 e. The van der Waals surface area contributed by atoms with Crippen LogP contribution in [-0.2, 0) is 11.2 Å². The zero-order chi connectivity index (χ0) is 14.7. The van der Waals surface area contributed by atoms with E-state index in [0.717, 1.165) is 28.3 Å². The molecule has 2 aromatic heterocycles. The van der Waals surface area contributed by atoms with Crippen molar-refractivity contribution in [2.24, 2.45) is 5.92 Å². The van der Waals surface area contributed by atoms with E-state index in [0.29, 0.717) is 6.54 Å². The Bertz CT molecular complexity index is 610. The molecular weight excluding hydrogens is 272 g/mol. The fourth-order valence-electron chi connectivity index (χ4n) is 2.16. The molecule has 0 fully saturated rings. The number of carbonyl (C=O) groups excluding carboxylic acids is 1. The molecule has 0 saturated heterocycles. The molecule has 0 saturated carbocycles. The van der Waals surface area contributed by atoms with Gasteiger partial charge in [-0.3, -0.25) is 4.79 Å². The molecule has 1 atom stereocenters. The molecule has 1 N–H and O–H groups in total. The lowest BCUT2D eigenvalue weighted by atomic mass is 10.1. The Morgan fingerprint density at radius 3 is 2.90 bits per heavy atom. The number of nitrogens with one attached hydrogen (secondary N) is 1. The van der Waals surface area contributed by atoms with E-state index in [-0.39, 0.29) is 11.8 Å². The highest BCUT2D eigenvalue weighted by Crippen LogP contribution is 2.27. The Kier molecular flexibility index (Phi) is 4.54. The van der Waals surface area contributed by atoms with E-state index in [1.165, 1.54) is 0 Å². The average molecular weight is 292 g/mol. The van der Waals surface area contributed by atoms with Crippen LogP contribution in [0.1, 0.15) is 19.7 Å². The number of fused-ring (bicyclic) bond motifs is 1. The SMILES string of the molecule is CCc1nc(N(C)CC(C)C(=O)NC)c2ccsc2n1. The normalized spacial score (nSPS) is 12.4. The lowest BCUT2D eigenvalue weighted by Crippen LogP contribution is -2.34. The summed E-state index contributed by atoms with van der Waals surface area (Å²) in [5.74, 6) is 1.71. The van der Waals surface area contributed by atoms with Crippen LogP contribution in [-0.4, -0.2) is 36.5 Å². The lowest BCUT2D eigenvalue weighted by Gasteiger charge is -2.22. The Labute approximate surface area is 123 Å². The van der Waals surface area contributed by atoms with Crippen molar-refractivity contribution < 1.29 is 4.79 Å². The number of aryl methyl sites for hydroxylation is 1. The monoisotopic (exact) mass is 292 g/mol. The highest BCUT2D eigenvalue weighted by atomic mass is 32.1. The number of aromatic nitrogens is 2. The van der Waals surface area contributed by atoms with E-state index >= 15 is 0 Å². The molecule has 6 heteroatoms. The Balaban J connectivity index is 2.31. The van der Waals surface area contributed by atoms with Gasteiger partial charge in [-0.1, -0.05) is 13.8 Å². The van der Waals surface area contributed by atoms with Crippen molar-refractivity contribution in [3.8, 4) is 0 Å². The molecule has 1 amide bonds. The molecular formula is C14H20N4OS. The largest absolute Gasteiger partial charge is 0.359 e. The number of thiophene rings is 1. The molecule has 0 aliphatic heterocycles. The summed E-state index contributed by atoms with van der Waals surface area (Å²) in [5, 5.41) is 5.76. The minimum absolute atomic E-state index is 0.0446. The van der Waals surface area contributed by atoms with E-state index in [1.807, 2.05) is 37.2 Å². The summed E-state index contributed by atoms with van der Waals surface area (Å²) < 4.78 is 0. The second kappa shape index (κ2) is 6.17. The van der Waals surface area contributed by atoms with Gasteiger partial charge in [0.25, 0.3) is 0 Å². The second-order valence-corrected chi connectivity index (χ2v) is 5.75. The first-order valence-corrected chi connectivity index (χ1v) is 7.61. The first kappa shape index (κ1) is 14.7. The van der Waals surface area contributed by atoms with E-state index in [2.05, 4.69) is 15.3 Å². The highest BCUT2D eigenvalue weighted by molar-refractivity contribution is 7.16. The summed E-state index contributed by atoms with van der Waals surface area (Å²) in [6.45, 7) is 4.60. The van der Waals surface area contributed by atoms with Gasteiger partial charge < -0.3 is 10.2 Å². The van der Waals surface area contributed by atoms with Crippen LogP contribution >= 0.6 is 11.3 Å². The van der Waals surface area contributed by atoms with Crippen molar-refractivity contribution in [1.29, 1.82) is 0 Å². The van der Waals surface area contributed by atoms with E-state index in [4.69, 9.17) is 0 Å². The first-order valence-electron chi connectivity index (χ1n) is 6.73. The number of nitrogens with zero attached hydrogens (tertiary/aromatic N) is 3. The predicted octanol–water partition coefficient (Wildman–Crippen LogP) is 2.07. The van der Waals surface area contributed by atoms with Crippen LogP contribution in [0.25, 0.3) is 10.2 Å². The van der Waals surface area contributed by atoms with Gasteiger partial charge in [0.15, 0.2) is 0 Å². The van der Waals surface area contributed by atoms with Crippen LogP contribution in [0.5, 0.6) is 0 Å². The maximum atomic E-state index is 11.6. The minimum atomic E-state index is -0.0845. The highest BCUT2D eigenvalue weighted by Gasteiger charge is 2.17. The fourth-order valence-corrected chi connectivity index (χ4v) is 2.94. The zero-order valence-corrected chi connectivity index (χ0v) is 13.1. The molecule has 2 heterocycles. The molecule has 2 aromatic rings. The van der Waals surface area contributed by atoms with Gasteiger partial charge in [0.2, 0.25) is 5.91 Å². The molecule has 108 valence electrons. The van der Waals surface area contributed by atoms with Crippen LogP contribution < -0.4 is 10.2 Å². The van der Waals surface area contributed by atoms with Gasteiger partial charge in [0.1, 0.15) is 16.5 Å². The van der Waals surface area contributed by atoms with Crippen LogP contribution in [0.3, 0.4) is 0 Å². The lowest BCUT2D eigenvalue weighted by molar-refractivity contribution is -0.123. The summed E-state index contributed by atoms with van der Waals surface area (Å²) in [6.07, 6.45) is 0.805. The summed E-state index contributed by atoms with van der Waals surface area (Å²) in [5.41, 5.74) is 0. The number of carbonyl (C=O) groups is 1. The molecule has 0 aromatic carbocycles. The van der Waals surface area contributed by atoms with Crippen LogP contribution in [0.4, 0.5) is 5.82 Å². The van der Waals surface area contributed by atoms with Crippen molar-refractivity contribution >= 4 is 33.3 Å². The van der Waals surface area contributed by atoms with Crippen molar-refractivity contribution in [3.63, 3.8) is 0 Å². The van der Waals surface area contributed by atoms with E-state index in [9.17, 15) is 4.79 Å². The molecule has 0 spiro atoms. The molecule has 0 aliphatic rings. The Morgan fingerprint density at radius 1 is 1.50 bits per heavy atom. The van der Waals surface area contributed by atoms with Gasteiger partial charge in [0.05, 0.1) is 11.3 Å². The summed E-state index contributed by atoms with van der Waals surface area (Å²) in [7, 11) is 3.63. The van der Waals surface area contributed by atoms with Crippen molar-refractivity contribution in [2.45, 2.75) is 20.3 Å². The standard InChI is InChI=1S/C14H20N4OS/c1-5-11-16-12(10-6-7-20-14(10)17-11)18(4)8-9(2)13(19)15-3/h6-7,9H,5,8H2,1-4H3,(H,15,19). The number of anilines is 1. The number of amides is 1. The van der Waals surface area contributed by atoms with Gasteiger partial charge in [0, 0.05) is 27.1 Å². The smallest absolute Gasteiger partial charge is 0.224 e. The number of hydrogen-bond donors (Lipinski definition) is 1. The summed E-state index contributed by atoms with van der Waals surface area (Å²) in [6, 6.07) is 2.04. The molecule has 5 nitrogen and oxygen atoms in total. The third-order valence-corrected chi connectivity index (χ3v) is 4.08. The summed E-state index contributed by atoms with van der Waals surface area (Å²) in [4.78, 5) is 23.8. The van der Waals surface area contributed by atoms with Gasteiger partial charge >= 0.3 is 0 Å². The first-order chi connectivity index (χ1) is 9.56. The second-order valence-electron chi connectivity index (χ2n) is 4.85. The van der Waals surface area contributed by atoms with E-state index < -0.39 is 0 Å². The third kappa shape index (κ3) is 2.90. The average Bonchev–Trinajstić information content (AvgIpc) is 2.92. The number of hydrogen-bond acceptors (Lipinski definition) is 5. The topological polar surface area (TPSA) is 58.1 Å². The zero-order valence-electron chi connectivity index (χ0n) is 12.3. The summed E-state index contributed by atoms with van der Waals surface area (Å²) >= 11 is 1.62. The quantitative estimate of drug-likeness (QED) is 0.916. The minimum Gasteiger partial charge on any atom is -0.359 e. The van der Waals surface area contributed by atoms with E-state index in [1.54, 1.807) is 18.4 Å². The third-order valence-electron chi connectivity index (χ3n) is 3.27. The number of rotatable bonds is 5. The van der Waals surface area contributed by atoms with Crippen molar-refractivity contribution in [3.05, 3.63) is 17.3 Å². The van der Waals surface area contributed by atoms with Gasteiger partial charge in [-0.15, -0.1) is 11.3 Å². The molecule has 1 unspecified atom stereocenters. The molecule has 2 rings (SSSR count). The van der Waals surface area contributed by atoms with Gasteiger partial charge in [-0.2, -0.15) is 0 Å². The molecule has 0 radical (unpaired) electrons. The van der Waals surface area contributed by atoms with Crippen molar-refractivity contribution in [2.75, 3.05) is 25.5 Å². The fraction of sp³-hybridized carbons (Fsp3) is 0.500. The van der Waals surface area contributed by atoms with Crippen LogP contribution in [0.2, 0.25) is 0 Å². The molecule has 20 heavy (non-hydrogen) atoms.